The van der Waals surface area contributed by atoms with E-state index in [9.17, 15) is 4.39 Å². The molecule has 0 saturated carbocycles. The first-order valence-electron chi connectivity index (χ1n) is 4.21. The number of alkyl halides is 1. The molecule has 1 aromatic heterocycles. The van der Waals surface area contributed by atoms with Crippen LogP contribution in [0.3, 0.4) is 0 Å². The van der Waals surface area contributed by atoms with Crippen LogP contribution in [-0.2, 0) is 0 Å². The zero-order valence-corrected chi connectivity index (χ0v) is 8.03. The third kappa shape index (κ3) is 2.57. The van der Waals surface area contributed by atoms with E-state index in [2.05, 4.69) is 23.7 Å². The molecule has 1 aromatic rings. The Balaban J connectivity index is 2.45. The van der Waals surface area contributed by atoms with Gasteiger partial charge in [-0.3, -0.25) is 0 Å². The van der Waals surface area contributed by atoms with Crippen LogP contribution >= 0.6 is 11.3 Å². The summed E-state index contributed by atoms with van der Waals surface area (Å²) in [5.74, 6) is 0. The molecule has 1 heterocycles. The van der Waals surface area contributed by atoms with Crippen molar-refractivity contribution in [3.63, 3.8) is 0 Å². The summed E-state index contributed by atoms with van der Waals surface area (Å²) in [5.41, 5.74) is 0. The van der Waals surface area contributed by atoms with E-state index in [0.29, 0.717) is 12.6 Å². The van der Waals surface area contributed by atoms with Gasteiger partial charge in [-0.2, -0.15) is 0 Å². The Kier molecular flexibility index (Phi) is 4.25. The molecule has 0 aromatic carbocycles. The highest BCUT2D eigenvalue weighted by Crippen LogP contribution is 2.21. The number of hydrogen-bond acceptors (Lipinski definition) is 2. The summed E-state index contributed by atoms with van der Waals surface area (Å²) in [7, 11) is 0. The zero-order valence-electron chi connectivity index (χ0n) is 7.22. The Labute approximate surface area is 76.6 Å². The molecule has 0 radical (unpaired) electrons. The van der Waals surface area contributed by atoms with Crippen molar-refractivity contribution in [3.05, 3.63) is 22.4 Å². The lowest BCUT2D eigenvalue weighted by Gasteiger charge is -2.13. The third-order valence-electron chi connectivity index (χ3n) is 1.78. The first kappa shape index (κ1) is 9.68. The molecule has 0 aliphatic heterocycles. The fourth-order valence-corrected chi connectivity index (χ4v) is 2.05. The molecular weight excluding hydrogens is 173 g/mol. The van der Waals surface area contributed by atoms with Crippen LogP contribution in [0.15, 0.2) is 17.5 Å². The van der Waals surface area contributed by atoms with Gasteiger partial charge in [0.2, 0.25) is 0 Å². The molecule has 68 valence electrons. The normalized spacial score (nSPS) is 13.2. The standard InChI is InChI=1S/C9H14FNS/c1-2-8(11-6-5-10)9-4-3-7-12-9/h3-4,7-8,11H,2,5-6H2,1H3. The van der Waals surface area contributed by atoms with Crippen LogP contribution in [0.4, 0.5) is 4.39 Å². The minimum atomic E-state index is -0.290. The minimum absolute atomic E-state index is 0.290. The van der Waals surface area contributed by atoms with Gasteiger partial charge in [-0.25, -0.2) is 4.39 Å². The van der Waals surface area contributed by atoms with Crippen molar-refractivity contribution >= 4 is 11.3 Å². The smallest absolute Gasteiger partial charge is 0.102 e. The van der Waals surface area contributed by atoms with Crippen LogP contribution in [0.1, 0.15) is 24.3 Å². The van der Waals surface area contributed by atoms with Gasteiger partial charge in [-0.15, -0.1) is 11.3 Å². The number of thiophene rings is 1. The number of rotatable bonds is 5. The lowest BCUT2D eigenvalue weighted by atomic mass is 10.2. The highest BCUT2D eigenvalue weighted by atomic mass is 32.1. The molecule has 1 atom stereocenters. The maximum absolute atomic E-state index is 11.9. The van der Waals surface area contributed by atoms with Crippen LogP contribution < -0.4 is 5.32 Å². The summed E-state index contributed by atoms with van der Waals surface area (Å²) < 4.78 is 11.9. The molecular formula is C9H14FNS. The highest BCUT2D eigenvalue weighted by Gasteiger charge is 2.07. The Morgan fingerprint density at radius 1 is 1.67 bits per heavy atom. The van der Waals surface area contributed by atoms with E-state index in [1.807, 2.05) is 6.07 Å². The van der Waals surface area contributed by atoms with Gasteiger partial charge in [-0.05, 0) is 17.9 Å². The fourth-order valence-electron chi connectivity index (χ4n) is 1.16. The average Bonchev–Trinajstić information content (AvgIpc) is 2.59. The molecule has 0 spiro atoms. The first-order chi connectivity index (χ1) is 5.88. The van der Waals surface area contributed by atoms with E-state index < -0.39 is 0 Å². The molecule has 1 unspecified atom stereocenters. The van der Waals surface area contributed by atoms with Crippen LogP contribution in [0, 0.1) is 0 Å². The molecule has 0 aliphatic carbocycles. The predicted molar refractivity (Wildman–Crippen MR) is 51.3 cm³/mol. The largest absolute Gasteiger partial charge is 0.307 e. The van der Waals surface area contributed by atoms with Crippen molar-refractivity contribution in [2.24, 2.45) is 0 Å². The molecule has 1 N–H and O–H groups in total. The zero-order chi connectivity index (χ0) is 8.81. The molecule has 3 heteroatoms. The topological polar surface area (TPSA) is 12.0 Å². The number of hydrogen-bond donors (Lipinski definition) is 1. The van der Waals surface area contributed by atoms with Crippen molar-refractivity contribution in [1.82, 2.24) is 5.32 Å². The van der Waals surface area contributed by atoms with Gasteiger partial charge in [0, 0.05) is 17.5 Å². The quantitative estimate of drug-likeness (QED) is 0.747. The number of nitrogens with one attached hydrogen (secondary N) is 1. The van der Waals surface area contributed by atoms with Crippen molar-refractivity contribution in [1.29, 1.82) is 0 Å². The van der Waals surface area contributed by atoms with E-state index in [4.69, 9.17) is 0 Å². The summed E-state index contributed by atoms with van der Waals surface area (Å²) in [5, 5.41) is 5.21. The monoisotopic (exact) mass is 187 g/mol. The van der Waals surface area contributed by atoms with Gasteiger partial charge in [0.15, 0.2) is 0 Å². The van der Waals surface area contributed by atoms with Gasteiger partial charge >= 0.3 is 0 Å². The van der Waals surface area contributed by atoms with E-state index in [1.54, 1.807) is 11.3 Å². The Morgan fingerprint density at radius 3 is 3.00 bits per heavy atom. The highest BCUT2D eigenvalue weighted by molar-refractivity contribution is 7.10. The molecule has 0 amide bonds. The summed E-state index contributed by atoms with van der Waals surface area (Å²) in [6, 6.07) is 4.45. The Morgan fingerprint density at radius 2 is 2.50 bits per heavy atom. The van der Waals surface area contributed by atoms with Gasteiger partial charge < -0.3 is 5.32 Å². The summed E-state index contributed by atoms with van der Waals surface area (Å²) in [6.07, 6.45) is 1.01. The van der Waals surface area contributed by atoms with Gasteiger partial charge in [0.05, 0.1) is 0 Å². The van der Waals surface area contributed by atoms with Crippen molar-refractivity contribution < 1.29 is 4.39 Å². The molecule has 1 nitrogen and oxygen atoms in total. The molecule has 0 aliphatic rings. The predicted octanol–water partition coefficient (Wildman–Crippen LogP) is 2.76. The van der Waals surface area contributed by atoms with Crippen molar-refractivity contribution in [2.75, 3.05) is 13.2 Å². The van der Waals surface area contributed by atoms with Gasteiger partial charge in [0.1, 0.15) is 6.67 Å². The van der Waals surface area contributed by atoms with E-state index in [0.717, 1.165) is 6.42 Å². The molecule has 0 fully saturated rings. The molecule has 12 heavy (non-hydrogen) atoms. The SMILES string of the molecule is CCC(NCCF)c1cccs1. The molecule has 1 rings (SSSR count). The van der Waals surface area contributed by atoms with Crippen LogP contribution in [0.25, 0.3) is 0 Å². The average molecular weight is 187 g/mol. The maximum atomic E-state index is 11.9. The van der Waals surface area contributed by atoms with E-state index in [-0.39, 0.29) is 6.67 Å². The third-order valence-corrected chi connectivity index (χ3v) is 2.77. The first-order valence-corrected chi connectivity index (χ1v) is 5.09. The summed E-state index contributed by atoms with van der Waals surface area (Å²) >= 11 is 1.72. The van der Waals surface area contributed by atoms with Crippen LogP contribution in [-0.4, -0.2) is 13.2 Å². The van der Waals surface area contributed by atoms with E-state index in [1.165, 1.54) is 4.88 Å². The Bertz CT molecular complexity index is 198. The number of halogens is 1. The minimum Gasteiger partial charge on any atom is -0.307 e. The van der Waals surface area contributed by atoms with E-state index >= 15 is 0 Å². The second-order valence-corrected chi connectivity index (χ2v) is 3.60. The summed E-state index contributed by atoms with van der Waals surface area (Å²) in [6.45, 7) is 2.27. The summed E-state index contributed by atoms with van der Waals surface area (Å²) in [4.78, 5) is 1.30. The molecule has 0 saturated heterocycles. The second-order valence-electron chi connectivity index (χ2n) is 2.62. The second kappa shape index (κ2) is 5.27. The van der Waals surface area contributed by atoms with Gasteiger partial charge in [-0.1, -0.05) is 13.0 Å². The fraction of sp³-hybridized carbons (Fsp3) is 0.556. The van der Waals surface area contributed by atoms with Gasteiger partial charge in [0.25, 0.3) is 0 Å². The lowest BCUT2D eigenvalue weighted by Crippen LogP contribution is -2.22. The molecule has 0 bridgehead atoms. The maximum Gasteiger partial charge on any atom is 0.102 e. The van der Waals surface area contributed by atoms with Crippen molar-refractivity contribution in [3.8, 4) is 0 Å². The van der Waals surface area contributed by atoms with Crippen LogP contribution in [0.2, 0.25) is 0 Å². The lowest BCUT2D eigenvalue weighted by molar-refractivity contribution is 0.431. The van der Waals surface area contributed by atoms with Crippen LogP contribution in [0.5, 0.6) is 0 Å². The Hall–Kier alpha value is -0.410. The van der Waals surface area contributed by atoms with Crippen molar-refractivity contribution in [2.45, 2.75) is 19.4 Å².